The lowest BCUT2D eigenvalue weighted by atomic mass is 9.98. The predicted octanol–water partition coefficient (Wildman–Crippen LogP) is 3.91. The van der Waals surface area contributed by atoms with Crippen LogP contribution in [-0.4, -0.2) is 19.6 Å². The average Bonchev–Trinajstić information content (AvgIpc) is 2.77. The van der Waals surface area contributed by atoms with Gasteiger partial charge in [0.05, 0.1) is 6.61 Å². The first-order valence-corrected chi connectivity index (χ1v) is 7.47. The topological polar surface area (TPSA) is 51.5 Å². The third-order valence-corrected chi connectivity index (χ3v) is 3.95. The molecule has 4 heteroatoms. The highest BCUT2D eigenvalue weighted by Crippen LogP contribution is 2.38. The smallest absolute Gasteiger partial charge is 0.244 e. The fraction of sp³-hybridized carbons (Fsp3) is 0.389. The van der Waals surface area contributed by atoms with Crippen molar-refractivity contribution in [1.82, 2.24) is 5.32 Å². The Hall–Kier alpha value is -2.23. The quantitative estimate of drug-likeness (QED) is 0.871. The normalized spacial score (nSPS) is 11.8. The monoisotopic (exact) mass is 301 g/mol. The summed E-state index contributed by atoms with van der Waals surface area (Å²) in [6.07, 6.45) is 1.59. The summed E-state index contributed by atoms with van der Waals surface area (Å²) in [5.41, 5.74) is 4.74. The second kappa shape index (κ2) is 6.26. The van der Waals surface area contributed by atoms with E-state index >= 15 is 0 Å². The molecule has 0 aliphatic heterocycles. The van der Waals surface area contributed by atoms with E-state index in [2.05, 4.69) is 5.32 Å². The van der Waals surface area contributed by atoms with Crippen LogP contribution in [0.2, 0.25) is 0 Å². The summed E-state index contributed by atoms with van der Waals surface area (Å²) < 4.78 is 11.7. The van der Waals surface area contributed by atoms with Gasteiger partial charge < -0.3 is 14.5 Å². The zero-order valence-corrected chi connectivity index (χ0v) is 14.1. The summed E-state index contributed by atoms with van der Waals surface area (Å²) in [6, 6.07) is 2.05. The third kappa shape index (κ3) is 2.73. The summed E-state index contributed by atoms with van der Waals surface area (Å²) >= 11 is 0. The number of allylic oxidation sites excluding steroid dienone is 1. The van der Waals surface area contributed by atoms with Crippen molar-refractivity contribution >= 4 is 22.4 Å². The third-order valence-electron chi connectivity index (χ3n) is 3.95. The molecule has 0 radical (unpaired) electrons. The van der Waals surface area contributed by atoms with E-state index in [4.69, 9.17) is 9.15 Å². The zero-order chi connectivity index (χ0) is 16.4. The highest BCUT2D eigenvalue weighted by atomic mass is 16.5. The molecule has 0 fully saturated rings. The summed E-state index contributed by atoms with van der Waals surface area (Å²) in [4.78, 5) is 11.6. The van der Waals surface area contributed by atoms with Crippen molar-refractivity contribution in [2.45, 2.75) is 34.6 Å². The molecule has 2 rings (SSSR count). The van der Waals surface area contributed by atoms with Gasteiger partial charge >= 0.3 is 0 Å². The molecule has 4 nitrogen and oxygen atoms in total. The predicted molar refractivity (Wildman–Crippen MR) is 89.3 cm³/mol. The number of benzene rings is 1. The highest BCUT2D eigenvalue weighted by molar-refractivity contribution is 5.98. The van der Waals surface area contributed by atoms with Crippen LogP contribution in [0.5, 0.6) is 5.75 Å². The maximum Gasteiger partial charge on any atom is 0.244 e. The average molecular weight is 301 g/mol. The first-order chi connectivity index (χ1) is 10.4. The summed E-state index contributed by atoms with van der Waals surface area (Å²) in [5, 5.41) is 3.68. The van der Waals surface area contributed by atoms with Crippen molar-refractivity contribution in [3.63, 3.8) is 0 Å². The van der Waals surface area contributed by atoms with Gasteiger partial charge in [0, 0.05) is 29.6 Å². The minimum atomic E-state index is -0.127. The maximum atomic E-state index is 11.6. The van der Waals surface area contributed by atoms with Gasteiger partial charge in [-0.1, -0.05) is 0 Å². The van der Waals surface area contributed by atoms with Gasteiger partial charge in [-0.15, -0.1) is 0 Å². The first kappa shape index (κ1) is 16.1. The van der Waals surface area contributed by atoms with E-state index in [1.165, 1.54) is 0 Å². The number of carbonyl (C=O) groups excluding carboxylic acids is 1. The van der Waals surface area contributed by atoms with E-state index in [1.807, 2.05) is 40.7 Å². The Kier molecular flexibility index (Phi) is 4.59. The number of nitrogens with one attached hydrogen (secondary N) is 1. The molecule has 1 amide bonds. The molecule has 0 aliphatic rings. The molecule has 0 saturated heterocycles. The van der Waals surface area contributed by atoms with Crippen LogP contribution in [0.3, 0.4) is 0 Å². The Bertz CT molecular complexity index is 754. The van der Waals surface area contributed by atoms with Crippen molar-refractivity contribution < 1.29 is 13.9 Å². The minimum absolute atomic E-state index is 0.127. The van der Waals surface area contributed by atoms with Gasteiger partial charge in [0.1, 0.15) is 17.1 Å². The van der Waals surface area contributed by atoms with Crippen LogP contribution in [0, 0.1) is 20.8 Å². The van der Waals surface area contributed by atoms with Gasteiger partial charge in [-0.2, -0.15) is 0 Å². The molecule has 1 aromatic heterocycles. The van der Waals surface area contributed by atoms with Gasteiger partial charge in [0.2, 0.25) is 5.91 Å². The van der Waals surface area contributed by atoms with Gasteiger partial charge in [-0.05, 0) is 51.8 Å². The fourth-order valence-electron chi connectivity index (χ4n) is 2.58. The molecule has 22 heavy (non-hydrogen) atoms. The second-order valence-electron chi connectivity index (χ2n) is 5.41. The molecule has 118 valence electrons. The Balaban J connectivity index is 2.75. The number of rotatable bonds is 4. The Morgan fingerprint density at radius 2 is 2.00 bits per heavy atom. The molecule has 0 saturated carbocycles. The van der Waals surface area contributed by atoms with Crippen molar-refractivity contribution in [1.29, 1.82) is 0 Å². The molecule has 1 N–H and O–H groups in total. The van der Waals surface area contributed by atoms with E-state index in [-0.39, 0.29) is 5.91 Å². The van der Waals surface area contributed by atoms with Gasteiger partial charge in [-0.3, -0.25) is 4.79 Å². The van der Waals surface area contributed by atoms with E-state index in [9.17, 15) is 4.79 Å². The van der Waals surface area contributed by atoms with Crippen LogP contribution in [0.15, 0.2) is 16.6 Å². The van der Waals surface area contributed by atoms with E-state index < -0.39 is 0 Å². The lowest BCUT2D eigenvalue weighted by Gasteiger charge is -2.14. The number of hydrogen-bond acceptors (Lipinski definition) is 3. The second-order valence-corrected chi connectivity index (χ2v) is 5.41. The number of fused-ring (bicyclic) bond motifs is 1. The molecule has 1 heterocycles. The van der Waals surface area contributed by atoms with Crippen LogP contribution < -0.4 is 10.1 Å². The number of amides is 1. The lowest BCUT2D eigenvalue weighted by molar-refractivity contribution is -0.116. The highest BCUT2D eigenvalue weighted by Gasteiger charge is 2.18. The van der Waals surface area contributed by atoms with Crippen LogP contribution in [0.4, 0.5) is 0 Å². The van der Waals surface area contributed by atoms with Crippen molar-refractivity contribution in [3.05, 3.63) is 34.6 Å². The number of hydrogen-bond donors (Lipinski definition) is 1. The van der Waals surface area contributed by atoms with E-state index in [0.29, 0.717) is 6.61 Å². The summed E-state index contributed by atoms with van der Waals surface area (Å²) in [5.74, 6) is 1.56. The Morgan fingerprint density at radius 3 is 2.59 bits per heavy atom. The molecule has 0 spiro atoms. The van der Waals surface area contributed by atoms with Crippen LogP contribution in [0.25, 0.3) is 16.5 Å². The Labute approximate surface area is 131 Å². The number of ether oxygens (including phenoxy) is 1. The van der Waals surface area contributed by atoms with Crippen LogP contribution >= 0.6 is 0 Å². The molecule has 0 bridgehead atoms. The number of likely N-dealkylation sites (N-methyl/N-ethyl adjacent to an activating group) is 1. The van der Waals surface area contributed by atoms with Crippen LogP contribution in [-0.2, 0) is 4.79 Å². The summed E-state index contributed by atoms with van der Waals surface area (Å²) in [6.45, 7) is 10.4. The first-order valence-electron chi connectivity index (χ1n) is 7.47. The van der Waals surface area contributed by atoms with Gasteiger partial charge in [0.15, 0.2) is 0 Å². The van der Waals surface area contributed by atoms with Gasteiger partial charge in [-0.25, -0.2) is 0 Å². The van der Waals surface area contributed by atoms with Crippen molar-refractivity contribution in [2.24, 2.45) is 0 Å². The molecule has 0 aliphatic carbocycles. The molecule has 0 unspecified atom stereocenters. The van der Waals surface area contributed by atoms with Crippen LogP contribution in [0.1, 0.15) is 36.3 Å². The molecular formula is C18H23NO3. The zero-order valence-electron chi connectivity index (χ0n) is 14.1. The number of carbonyl (C=O) groups is 1. The summed E-state index contributed by atoms with van der Waals surface area (Å²) in [7, 11) is 1.62. The number of aryl methyl sites for hydroxylation is 3. The maximum absolute atomic E-state index is 11.6. The molecule has 2 aromatic rings. The van der Waals surface area contributed by atoms with Crippen molar-refractivity contribution in [3.8, 4) is 5.75 Å². The SMILES string of the molecule is CCOc1c(/C(C)=C/C(=O)NC)cc2c(C)c(C)oc2c1C. The standard InChI is InChI=1S/C18H23NO3/c1-7-21-17-12(4)18-15(11(3)13(5)22-18)9-14(17)10(2)8-16(20)19-6/h8-9H,7H2,1-6H3,(H,19,20)/b10-8+. The molecule has 0 atom stereocenters. The van der Waals surface area contributed by atoms with Crippen molar-refractivity contribution in [2.75, 3.05) is 13.7 Å². The lowest BCUT2D eigenvalue weighted by Crippen LogP contribution is -2.14. The molecular weight excluding hydrogens is 278 g/mol. The van der Waals surface area contributed by atoms with E-state index in [0.717, 1.165) is 44.7 Å². The fourth-order valence-corrected chi connectivity index (χ4v) is 2.58. The molecule has 1 aromatic carbocycles. The largest absolute Gasteiger partial charge is 0.493 e. The minimum Gasteiger partial charge on any atom is -0.493 e. The number of furan rings is 1. The van der Waals surface area contributed by atoms with Gasteiger partial charge in [0.25, 0.3) is 0 Å². The van der Waals surface area contributed by atoms with E-state index in [1.54, 1.807) is 13.1 Å². The Morgan fingerprint density at radius 1 is 1.32 bits per heavy atom.